The van der Waals surface area contributed by atoms with Crippen LogP contribution in [0.25, 0.3) is 39.1 Å². The first-order valence-corrected chi connectivity index (χ1v) is 14.6. The Morgan fingerprint density at radius 3 is 1.64 bits per heavy atom. The van der Waals surface area contributed by atoms with E-state index in [9.17, 15) is 31.6 Å². The maximum atomic E-state index is 10.1. The third kappa shape index (κ3) is 4.24. The SMILES string of the molecule is CN1C2=C(NC3c4ccc(-c5ccc(C#N)cc5)cc4C(=C(C#N)C#N)C31)C(=C(C#N)C#N)c1cc(-c3ccc(C#N)cc3)ccc12. The van der Waals surface area contributed by atoms with Crippen LogP contribution in [0.4, 0.5) is 0 Å². The van der Waals surface area contributed by atoms with Crippen molar-refractivity contribution in [3.05, 3.63) is 135 Å². The molecular formula is C39H20N8. The summed E-state index contributed by atoms with van der Waals surface area (Å²) in [5.41, 5.74) is 10.3. The molecule has 3 aliphatic rings. The molecule has 0 spiro atoms. The monoisotopic (exact) mass is 600 g/mol. The minimum Gasteiger partial charge on any atom is -0.374 e. The van der Waals surface area contributed by atoms with Gasteiger partial charge in [0.25, 0.3) is 0 Å². The Labute approximate surface area is 271 Å². The second-order valence-corrected chi connectivity index (χ2v) is 11.3. The lowest BCUT2D eigenvalue weighted by atomic mass is 9.94. The number of benzene rings is 4. The summed E-state index contributed by atoms with van der Waals surface area (Å²) < 4.78 is 0. The second-order valence-electron chi connectivity index (χ2n) is 11.3. The van der Waals surface area contributed by atoms with Crippen molar-refractivity contribution >= 4 is 16.8 Å². The van der Waals surface area contributed by atoms with Gasteiger partial charge >= 0.3 is 0 Å². The molecule has 0 radical (unpaired) electrons. The molecule has 0 saturated carbocycles. The molecule has 0 amide bonds. The zero-order valence-electron chi connectivity index (χ0n) is 24.9. The van der Waals surface area contributed by atoms with Crippen molar-refractivity contribution in [3.8, 4) is 58.7 Å². The van der Waals surface area contributed by atoms with Gasteiger partial charge in [0.2, 0.25) is 0 Å². The number of fused-ring (bicyclic) bond motifs is 5. The number of nitriles is 6. The van der Waals surface area contributed by atoms with Crippen LogP contribution in [0.1, 0.15) is 39.4 Å². The Morgan fingerprint density at radius 2 is 1.11 bits per heavy atom. The third-order valence-corrected chi connectivity index (χ3v) is 9.05. The molecule has 1 N–H and O–H groups in total. The Kier molecular flexibility index (Phi) is 6.63. The van der Waals surface area contributed by atoms with Gasteiger partial charge in [0.1, 0.15) is 35.4 Å². The summed E-state index contributed by atoms with van der Waals surface area (Å²) in [6.07, 6.45) is 0. The molecule has 4 aromatic rings. The predicted molar refractivity (Wildman–Crippen MR) is 174 cm³/mol. The predicted octanol–water partition coefficient (Wildman–Crippen LogP) is 6.71. The molecule has 47 heavy (non-hydrogen) atoms. The smallest absolute Gasteiger partial charge is 0.139 e. The Morgan fingerprint density at radius 1 is 0.596 bits per heavy atom. The molecule has 1 aliphatic heterocycles. The summed E-state index contributed by atoms with van der Waals surface area (Å²) in [6.45, 7) is 0. The average Bonchev–Trinajstić information content (AvgIpc) is 3.62. The quantitative estimate of drug-likeness (QED) is 0.249. The van der Waals surface area contributed by atoms with Crippen LogP contribution in [0.5, 0.6) is 0 Å². The molecule has 2 atom stereocenters. The summed E-state index contributed by atoms with van der Waals surface area (Å²) in [7, 11) is 1.91. The number of allylic oxidation sites excluding steroid dienone is 3. The van der Waals surface area contributed by atoms with Gasteiger partial charge in [-0.2, -0.15) is 31.6 Å². The summed E-state index contributed by atoms with van der Waals surface area (Å²) in [4.78, 5) is 2.04. The molecule has 2 aliphatic carbocycles. The zero-order valence-corrected chi connectivity index (χ0v) is 24.9. The number of nitrogens with zero attached hydrogens (tertiary/aromatic N) is 7. The Hall–Kier alpha value is -7.36. The molecule has 8 heteroatoms. The van der Waals surface area contributed by atoms with Gasteiger partial charge < -0.3 is 10.2 Å². The van der Waals surface area contributed by atoms with E-state index < -0.39 is 12.1 Å². The number of nitrogens with one attached hydrogen (secondary N) is 1. The van der Waals surface area contributed by atoms with Crippen molar-refractivity contribution in [1.29, 1.82) is 31.6 Å². The highest BCUT2D eigenvalue weighted by Crippen LogP contribution is 2.55. The molecule has 1 heterocycles. The molecule has 8 nitrogen and oxygen atoms in total. The van der Waals surface area contributed by atoms with E-state index in [1.165, 1.54) is 0 Å². The number of likely N-dealkylation sites (N-methyl/N-ethyl adjacent to an activating group) is 1. The Balaban J connectivity index is 1.40. The average molecular weight is 601 g/mol. The lowest BCUT2D eigenvalue weighted by Crippen LogP contribution is -2.44. The normalized spacial score (nSPS) is 16.4. The van der Waals surface area contributed by atoms with Crippen molar-refractivity contribution in [2.24, 2.45) is 0 Å². The van der Waals surface area contributed by atoms with Crippen LogP contribution in [-0.2, 0) is 0 Å². The third-order valence-electron chi connectivity index (χ3n) is 9.05. The largest absolute Gasteiger partial charge is 0.374 e. The van der Waals surface area contributed by atoms with Crippen LogP contribution in [0, 0.1) is 68.0 Å². The highest BCUT2D eigenvalue weighted by molar-refractivity contribution is 6.04. The fourth-order valence-corrected chi connectivity index (χ4v) is 6.94. The van der Waals surface area contributed by atoms with E-state index >= 15 is 0 Å². The van der Waals surface area contributed by atoms with Crippen LogP contribution in [0.15, 0.2) is 102 Å². The molecule has 0 bridgehead atoms. The minimum absolute atomic E-state index is 0.00770. The van der Waals surface area contributed by atoms with Crippen molar-refractivity contribution in [2.75, 3.05) is 7.05 Å². The van der Waals surface area contributed by atoms with Crippen LogP contribution in [0.2, 0.25) is 0 Å². The lowest BCUT2D eigenvalue weighted by molar-refractivity contribution is 0.328. The number of hydrogen-bond acceptors (Lipinski definition) is 8. The van der Waals surface area contributed by atoms with E-state index in [4.69, 9.17) is 0 Å². The molecule has 216 valence electrons. The molecule has 0 fully saturated rings. The van der Waals surface area contributed by atoms with Gasteiger partial charge in [0, 0.05) is 23.8 Å². The van der Waals surface area contributed by atoms with Crippen molar-refractivity contribution in [3.63, 3.8) is 0 Å². The highest BCUT2D eigenvalue weighted by atomic mass is 15.2. The molecule has 0 aromatic heterocycles. The van der Waals surface area contributed by atoms with Gasteiger partial charge in [-0.1, -0.05) is 48.5 Å². The number of rotatable bonds is 2. The van der Waals surface area contributed by atoms with E-state index in [0.29, 0.717) is 28.0 Å². The second kappa shape index (κ2) is 11.0. The van der Waals surface area contributed by atoms with Gasteiger partial charge in [-0.05, 0) is 75.3 Å². The van der Waals surface area contributed by atoms with Crippen LogP contribution in [0.3, 0.4) is 0 Å². The van der Waals surface area contributed by atoms with Gasteiger partial charge in [-0.25, -0.2) is 0 Å². The summed E-state index contributed by atoms with van der Waals surface area (Å²) >= 11 is 0. The van der Waals surface area contributed by atoms with Gasteiger partial charge in [0.05, 0.1) is 46.7 Å². The zero-order chi connectivity index (χ0) is 32.8. The molecule has 2 unspecified atom stereocenters. The first-order valence-electron chi connectivity index (χ1n) is 14.6. The maximum Gasteiger partial charge on any atom is 0.139 e. The summed E-state index contributed by atoms with van der Waals surface area (Å²) in [5, 5.41) is 62.5. The van der Waals surface area contributed by atoms with Crippen LogP contribution < -0.4 is 5.32 Å². The van der Waals surface area contributed by atoms with Crippen molar-refractivity contribution < 1.29 is 0 Å². The first-order chi connectivity index (χ1) is 23.0. The van der Waals surface area contributed by atoms with E-state index in [0.717, 1.165) is 50.2 Å². The maximum absolute atomic E-state index is 10.1. The highest BCUT2D eigenvalue weighted by Gasteiger charge is 2.48. The fraction of sp³-hybridized carbons (Fsp3) is 0.0769. The Bertz CT molecular complexity index is 2370. The topological polar surface area (TPSA) is 158 Å². The lowest BCUT2D eigenvalue weighted by Gasteiger charge is -2.40. The first kappa shape index (κ1) is 28.4. The molecule has 7 rings (SSSR count). The molecule has 4 aromatic carbocycles. The molecule has 0 saturated heterocycles. The van der Waals surface area contributed by atoms with E-state index in [2.05, 4.69) is 41.7 Å². The van der Waals surface area contributed by atoms with Crippen LogP contribution in [-0.4, -0.2) is 18.0 Å². The van der Waals surface area contributed by atoms with E-state index in [1.54, 1.807) is 24.3 Å². The summed E-state index contributed by atoms with van der Waals surface area (Å²) in [5.74, 6) is 0. The summed E-state index contributed by atoms with van der Waals surface area (Å²) in [6, 6.07) is 38.1. The van der Waals surface area contributed by atoms with E-state index in [-0.39, 0.29) is 11.1 Å². The van der Waals surface area contributed by atoms with Gasteiger partial charge in [-0.15, -0.1) is 0 Å². The fourth-order valence-electron chi connectivity index (χ4n) is 6.94. The van der Waals surface area contributed by atoms with Gasteiger partial charge in [-0.3, -0.25) is 0 Å². The number of hydrogen-bond donors (Lipinski definition) is 1. The molecular weight excluding hydrogens is 580 g/mol. The van der Waals surface area contributed by atoms with Gasteiger partial charge in [0.15, 0.2) is 0 Å². The van der Waals surface area contributed by atoms with Crippen LogP contribution >= 0.6 is 0 Å². The van der Waals surface area contributed by atoms with Crippen molar-refractivity contribution in [1.82, 2.24) is 10.2 Å². The van der Waals surface area contributed by atoms with Crippen molar-refractivity contribution in [2.45, 2.75) is 12.1 Å². The standard InChI is InChI=1S/C39H20N8/c1-47-38-31-13-11-27(25-8-4-23(17-41)5-9-25)15-33(31)34(28(18-42)19-43)37(38)46-36-30-12-10-26(24-6-2-22(16-40)3-7-24)14-32(30)35(39(36)47)29(20-44)21-45/h2-15,36,39,46H,1H3. The minimum atomic E-state index is -0.438. The van der Waals surface area contributed by atoms with E-state index in [1.807, 2.05) is 72.6 Å².